The highest BCUT2D eigenvalue weighted by atomic mass is 16.4. The number of imide groups is 1. The Labute approximate surface area is 85.3 Å². The summed E-state index contributed by atoms with van der Waals surface area (Å²) in [4.78, 5) is 33.3. The Kier molecular flexibility index (Phi) is 1.99. The van der Waals surface area contributed by atoms with E-state index in [2.05, 4.69) is 10.6 Å². The Morgan fingerprint density at radius 1 is 1.53 bits per heavy atom. The third kappa shape index (κ3) is 1.47. The van der Waals surface area contributed by atoms with Gasteiger partial charge in [0.25, 0.3) is 5.91 Å². The van der Waals surface area contributed by atoms with E-state index in [-0.39, 0.29) is 6.42 Å². The maximum absolute atomic E-state index is 11.5. The molecule has 0 bridgehead atoms. The van der Waals surface area contributed by atoms with Gasteiger partial charge in [-0.15, -0.1) is 0 Å². The average Bonchev–Trinajstić information content (AvgIpc) is 2.41. The first-order valence-corrected chi connectivity index (χ1v) is 4.56. The van der Waals surface area contributed by atoms with Gasteiger partial charge in [-0.1, -0.05) is 12.2 Å². The Hall–Kier alpha value is -1.85. The van der Waals surface area contributed by atoms with Crippen molar-refractivity contribution in [2.24, 2.45) is 5.92 Å². The minimum absolute atomic E-state index is 0.108. The predicted molar refractivity (Wildman–Crippen MR) is 48.9 cm³/mol. The second-order valence-electron chi connectivity index (χ2n) is 3.77. The third-order valence-electron chi connectivity index (χ3n) is 2.73. The first kappa shape index (κ1) is 9.70. The Balaban J connectivity index is 2.25. The number of urea groups is 1. The third-order valence-corrected chi connectivity index (χ3v) is 2.73. The maximum Gasteiger partial charge on any atom is 0.322 e. The van der Waals surface area contributed by atoms with Crippen molar-refractivity contribution in [1.82, 2.24) is 10.6 Å². The first-order chi connectivity index (χ1) is 7.03. The molecule has 15 heavy (non-hydrogen) atoms. The standard InChI is InChI=1S/C9H10N2O4/c12-6(13)5-2-1-3-9(4-5)7(14)10-8(15)11-9/h1-2,5H,3-4H2,(H,12,13)(H2,10,11,14,15). The average molecular weight is 210 g/mol. The van der Waals surface area contributed by atoms with E-state index in [0.717, 1.165) is 0 Å². The molecule has 0 aromatic rings. The van der Waals surface area contributed by atoms with Crippen molar-refractivity contribution in [3.63, 3.8) is 0 Å². The lowest BCUT2D eigenvalue weighted by Gasteiger charge is -2.29. The fourth-order valence-electron chi connectivity index (χ4n) is 1.95. The van der Waals surface area contributed by atoms with Crippen molar-refractivity contribution < 1.29 is 19.5 Å². The van der Waals surface area contributed by atoms with E-state index in [1.54, 1.807) is 12.2 Å². The van der Waals surface area contributed by atoms with Crippen LogP contribution in [-0.4, -0.2) is 28.6 Å². The molecule has 0 aromatic carbocycles. The molecule has 2 unspecified atom stereocenters. The molecule has 0 saturated carbocycles. The molecule has 3 N–H and O–H groups in total. The summed E-state index contributed by atoms with van der Waals surface area (Å²) in [6.45, 7) is 0. The number of carbonyl (C=O) groups is 3. The van der Waals surface area contributed by atoms with Crippen LogP contribution in [0.15, 0.2) is 12.2 Å². The topological polar surface area (TPSA) is 95.5 Å². The van der Waals surface area contributed by atoms with Crippen LogP contribution < -0.4 is 10.6 Å². The lowest BCUT2D eigenvalue weighted by atomic mass is 9.80. The van der Waals surface area contributed by atoms with E-state index in [9.17, 15) is 14.4 Å². The molecule has 1 heterocycles. The highest BCUT2D eigenvalue weighted by Crippen LogP contribution is 2.30. The molecule has 1 aliphatic heterocycles. The molecule has 1 aliphatic carbocycles. The quantitative estimate of drug-likeness (QED) is 0.406. The normalized spacial score (nSPS) is 34.0. The molecule has 2 rings (SSSR count). The van der Waals surface area contributed by atoms with Crippen molar-refractivity contribution in [3.05, 3.63) is 12.2 Å². The van der Waals surface area contributed by atoms with Gasteiger partial charge < -0.3 is 10.4 Å². The zero-order valence-electron chi connectivity index (χ0n) is 7.82. The maximum atomic E-state index is 11.5. The number of hydrogen-bond donors (Lipinski definition) is 3. The highest BCUT2D eigenvalue weighted by molar-refractivity contribution is 6.07. The lowest BCUT2D eigenvalue weighted by Crippen LogP contribution is -2.50. The molecular weight excluding hydrogens is 200 g/mol. The molecule has 1 fully saturated rings. The number of carboxylic acid groups (broad SMARTS) is 1. The monoisotopic (exact) mass is 210 g/mol. The van der Waals surface area contributed by atoms with Crippen LogP contribution in [0.3, 0.4) is 0 Å². The van der Waals surface area contributed by atoms with Crippen LogP contribution in [0.1, 0.15) is 12.8 Å². The lowest BCUT2D eigenvalue weighted by molar-refractivity contribution is -0.141. The van der Waals surface area contributed by atoms with Crippen molar-refractivity contribution in [1.29, 1.82) is 0 Å². The highest BCUT2D eigenvalue weighted by Gasteiger charge is 2.48. The summed E-state index contributed by atoms with van der Waals surface area (Å²) in [6.07, 6.45) is 3.61. The number of nitrogens with one attached hydrogen (secondary N) is 2. The SMILES string of the molecule is O=C1NC(=O)C2(CC=CC(C(=O)O)C2)N1. The van der Waals surface area contributed by atoms with E-state index in [1.165, 1.54) is 0 Å². The Bertz CT molecular complexity index is 376. The van der Waals surface area contributed by atoms with Crippen molar-refractivity contribution >= 4 is 17.9 Å². The fourth-order valence-corrected chi connectivity index (χ4v) is 1.95. The van der Waals surface area contributed by atoms with Crippen LogP contribution in [0.25, 0.3) is 0 Å². The molecule has 2 aliphatic rings. The summed E-state index contributed by atoms with van der Waals surface area (Å²) in [5.74, 6) is -2.15. The van der Waals surface area contributed by atoms with Gasteiger partial charge in [0.1, 0.15) is 5.54 Å². The molecule has 0 aromatic heterocycles. The number of aliphatic carboxylic acids is 1. The fraction of sp³-hybridized carbons (Fsp3) is 0.444. The molecule has 6 nitrogen and oxygen atoms in total. The van der Waals surface area contributed by atoms with Gasteiger partial charge in [-0.25, -0.2) is 4.79 Å². The summed E-state index contributed by atoms with van der Waals surface area (Å²) in [5, 5.41) is 13.4. The van der Waals surface area contributed by atoms with Crippen LogP contribution in [0.5, 0.6) is 0 Å². The zero-order valence-corrected chi connectivity index (χ0v) is 7.82. The smallest absolute Gasteiger partial charge is 0.322 e. The molecule has 1 spiro atoms. The zero-order chi connectivity index (χ0) is 11.1. The van der Waals surface area contributed by atoms with Crippen LogP contribution in [0, 0.1) is 5.92 Å². The Morgan fingerprint density at radius 2 is 2.27 bits per heavy atom. The Morgan fingerprint density at radius 3 is 2.80 bits per heavy atom. The van der Waals surface area contributed by atoms with Gasteiger partial charge in [0, 0.05) is 0 Å². The molecule has 6 heteroatoms. The number of rotatable bonds is 1. The molecule has 80 valence electrons. The number of hydrogen-bond acceptors (Lipinski definition) is 3. The van der Waals surface area contributed by atoms with Crippen LogP contribution in [0.4, 0.5) is 4.79 Å². The summed E-state index contributed by atoms with van der Waals surface area (Å²) in [5.41, 5.74) is -1.06. The largest absolute Gasteiger partial charge is 0.481 e. The second kappa shape index (κ2) is 3.08. The van der Waals surface area contributed by atoms with Gasteiger partial charge in [-0.3, -0.25) is 14.9 Å². The van der Waals surface area contributed by atoms with Gasteiger partial charge in [-0.05, 0) is 12.8 Å². The summed E-state index contributed by atoms with van der Waals surface area (Å²) in [7, 11) is 0. The van der Waals surface area contributed by atoms with Crippen LogP contribution in [-0.2, 0) is 9.59 Å². The summed E-state index contributed by atoms with van der Waals surface area (Å²) >= 11 is 0. The van der Waals surface area contributed by atoms with Gasteiger partial charge in [0.05, 0.1) is 5.92 Å². The number of amides is 3. The minimum atomic E-state index is -1.06. The summed E-state index contributed by atoms with van der Waals surface area (Å²) < 4.78 is 0. The molecule has 3 amide bonds. The molecular formula is C9H10N2O4. The first-order valence-electron chi connectivity index (χ1n) is 4.56. The molecule has 2 atom stereocenters. The van der Waals surface area contributed by atoms with Crippen molar-refractivity contribution in [3.8, 4) is 0 Å². The second-order valence-corrected chi connectivity index (χ2v) is 3.77. The van der Waals surface area contributed by atoms with Crippen molar-refractivity contribution in [2.75, 3.05) is 0 Å². The van der Waals surface area contributed by atoms with Gasteiger partial charge >= 0.3 is 12.0 Å². The van der Waals surface area contributed by atoms with Gasteiger partial charge in [-0.2, -0.15) is 0 Å². The molecule has 0 radical (unpaired) electrons. The number of carbonyl (C=O) groups excluding carboxylic acids is 2. The van der Waals surface area contributed by atoms with E-state index in [0.29, 0.717) is 6.42 Å². The summed E-state index contributed by atoms with van der Waals surface area (Å²) in [6, 6.07) is -0.556. The number of carboxylic acids is 1. The van der Waals surface area contributed by atoms with Crippen molar-refractivity contribution in [2.45, 2.75) is 18.4 Å². The predicted octanol–water partition coefficient (Wildman–Crippen LogP) is -0.385. The van der Waals surface area contributed by atoms with E-state index in [1.807, 2.05) is 0 Å². The van der Waals surface area contributed by atoms with Crippen LogP contribution in [0.2, 0.25) is 0 Å². The van der Waals surface area contributed by atoms with E-state index in [4.69, 9.17) is 5.11 Å². The van der Waals surface area contributed by atoms with Crippen LogP contribution >= 0.6 is 0 Å². The van der Waals surface area contributed by atoms with E-state index < -0.39 is 29.4 Å². The van der Waals surface area contributed by atoms with Gasteiger partial charge in [0.2, 0.25) is 0 Å². The molecule has 1 saturated heterocycles. The van der Waals surface area contributed by atoms with Gasteiger partial charge in [0.15, 0.2) is 0 Å². The van der Waals surface area contributed by atoms with E-state index >= 15 is 0 Å². The minimum Gasteiger partial charge on any atom is -0.481 e.